The van der Waals surface area contributed by atoms with E-state index < -0.39 is 0 Å². The molecule has 0 aliphatic rings. The molecule has 6 nitrogen and oxygen atoms in total. The minimum absolute atomic E-state index is 0.569. The molecule has 0 unspecified atom stereocenters. The van der Waals surface area contributed by atoms with Crippen molar-refractivity contribution in [2.45, 2.75) is 33.2 Å². The molecule has 0 amide bonds. The van der Waals surface area contributed by atoms with Gasteiger partial charge in [0.15, 0.2) is 5.96 Å². The average molecular weight is 392 g/mol. The fourth-order valence-corrected chi connectivity index (χ4v) is 2.96. The van der Waals surface area contributed by atoms with E-state index in [0.717, 1.165) is 23.8 Å². The van der Waals surface area contributed by atoms with E-state index in [-0.39, 0.29) is 0 Å². The Bertz CT molecular complexity index is 904. The summed E-state index contributed by atoms with van der Waals surface area (Å²) in [5, 5.41) is 10.9. The molecule has 3 aromatic rings. The van der Waals surface area contributed by atoms with Gasteiger partial charge in [0.2, 0.25) is 0 Å². The van der Waals surface area contributed by atoms with Crippen molar-refractivity contribution in [3.8, 4) is 0 Å². The van der Waals surface area contributed by atoms with E-state index >= 15 is 0 Å². The molecule has 3 rings (SSSR count). The Morgan fingerprint density at radius 3 is 2.45 bits per heavy atom. The topological polar surface area (TPSA) is 63.5 Å². The van der Waals surface area contributed by atoms with Gasteiger partial charge in [0.25, 0.3) is 0 Å². The summed E-state index contributed by atoms with van der Waals surface area (Å²) < 4.78 is 7.78. The summed E-state index contributed by atoms with van der Waals surface area (Å²) in [4.78, 5) is 4.75. The highest BCUT2D eigenvalue weighted by atomic mass is 16.5. The van der Waals surface area contributed by atoms with Crippen LogP contribution in [0.1, 0.15) is 29.3 Å². The second-order valence-corrected chi connectivity index (χ2v) is 6.74. The first-order valence-corrected chi connectivity index (χ1v) is 9.93. The average Bonchev–Trinajstić information content (AvgIpc) is 3.16. The molecule has 0 saturated carbocycles. The molecule has 0 spiro atoms. The van der Waals surface area contributed by atoms with Crippen LogP contribution in [0.15, 0.2) is 71.9 Å². The zero-order chi connectivity index (χ0) is 20.3. The minimum Gasteiger partial charge on any atom is -0.372 e. The highest BCUT2D eigenvalue weighted by Gasteiger charge is 2.05. The highest BCUT2D eigenvalue weighted by Crippen LogP contribution is 2.13. The van der Waals surface area contributed by atoms with Crippen LogP contribution in [0.5, 0.6) is 0 Å². The molecule has 0 aliphatic carbocycles. The van der Waals surface area contributed by atoms with Crippen LogP contribution in [-0.2, 0) is 38.1 Å². The Kier molecular flexibility index (Phi) is 7.83. The lowest BCUT2D eigenvalue weighted by molar-refractivity contribution is 0.106. The van der Waals surface area contributed by atoms with Gasteiger partial charge in [-0.2, -0.15) is 5.10 Å². The van der Waals surface area contributed by atoms with Gasteiger partial charge in [-0.1, -0.05) is 54.6 Å². The lowest BCUT2D eigenvalue weighted by Gasteiger charge is -2.13. The van der Waals surface area contributed by atoms with Crippen molar-refractivity contribution in [2.24, 2.45) is 12.0 Å². The maximum atomic E-state index is 5.92. The molecule has 0 atom stereocenters. The van der Waals surface area contributed by atoms with Gasteiger partial charge in [0.05, 0.1) is 32.0 Å². The third kappa shape index (κ3) is 6.47. The predicted molar refractivity (Wildman–Crippen MR) is 116 cm³/mol. The Balaban J connectivity index is 1.59. The molecule has 2 N–H and O–H groups in total. The maximum Gasteiger partial charge on any atom is 0.191 e. The number of nitrogens with one attached hydrogen (secondary N) is 2. The van der Waals surface area contributed by atoms with E-state index in [4.69, 9.17) is 9.73 Å². The lowest BCUT2D eigenvalue weighted by Crippen LogP contribution is -2.37. The number of aryl methyl sites for hydroxylation is 1. The third-order valence-corrected chi connectivity index (χ3v) is 4.60. The molecule has 6 heteroatoms. The van der Waals surface area contributed by atoms with Gasteiger partial charge in [0, 0.05) is 19.8 Å². The Morgan fingerprint density at radius 1 is 0.966 bits per heavy atom. The molecule has 29 heavy (non-hydrogen) atoms. The molecular formula is C23H29N5O. The van der Waals surface area contributed by atoms with E-state index in [1.54, 1.807) is 6.20 Å². The number of aromatic nitrogens is 2. The molecule has 0 aliphatic heterocycles. The van der Waals surface area contributed by atoms with E-state index in [1.165, 1.54) is 11.1 Å². The molecule has 0 bridgehead atoms. The van der Waals surface area contributed by atoms with E-state index in [0.29, 0.717) is 26.3 Å². The molecule has 0 fully saturated rings. The van der Waals surface area contributed by atoms with Crippen molar-refractivity contribution in [2.75, 3.05) is 6.54 Å². The minimum atomic E-state index is 0.569. The molecule has 1 heterocycles. The van der Waals surface area contributed by atoms with Crippen molar-refractivity contribution in [1.29, 1.82) is 0 Å². The van der Waals surface area contributed by atoms with Crippen LogP contribution in [-0.4, -0.2) is 22.3 Å². The Labute approximate surface area is 172 Å². The summed E-state index contributed by atoms with van der Waals surface area (Å²) in [6, 6.07) is 20.5. The van der Waals surface area contributed by atoms with Gasteiger partial charge in [0.1, 0.15) is 0 Å². The normalized spacial score (nSPS) is 11.4. The predicted octanol–water partition coefficient (Wildman–Crippen LogP) is 3.39. The monoisotopic (exact) mass is 391 g/mol. The number of hydrogen-bond donors (Lipinski definition) is 2. The van der Waals surface area contributed by atoms with Crippen LogP contribution in [0.25, 0.3) is 0 Å². The Hall–Kier alpha value is -3.12. The summed E-state index contributed by atoms with van der Waals surface area (Å²) in [6.45, 7) is 5.30. The zero-order valence-corrected chi connectivity index (χ0v) is 17.1. The number of guanidine groups is 1. The smallest absolute Gasteiger partial charge is 0.191 e. The third-order valence-electron chi connectivity index (χ3n) is 4.60. The first-order valence-electron chi connectivity index (χ1n) is 9.93. The molecular weight excluding hydrogens is 362 g/mol. The van der Waals surface area contributed by atoms with E-state index in [1.807, 2.05) is 48.1 Å². The van der Waals surface area contributed by atoms with Crippen molar-refractivity contribution < 1.29 is 4.74 Å². The summed E-state index contributed by atoms with van der Waals surface area (Å²) in [7, 11) is 1.94. The van der Waals surface area contributed by atoms with Crippen LogP contribution in [0.2, 0.25) is 0 Å². The second kappa shape index (κ2) is 11.0. The number of nitrogens with zero attached hydrogens (tertiary/aromatic N) is 3. The number of hydrogen-bond acceptors (Lipinski definition) is 3. The zero-order valence-electron chi connectivity index (χ0n) is 17.1. The van der Waals surface area contributed by atoms with Crippen LogP contribution >= 0.6 is 0 Å². The van der Waals surface area contributed by atoms with Crippen LogP contribution < -0.4 is 10.6 Å². The van der Waals surface area contributed by atoms with E-state index in [9.17, 15) is 0 Å². The first-order chi connectivity index (χ1) is 14.3. The number of aliphatic imine (C=N–C) groups is 1. The van der Waals surface area contributed by atoms with Gasteiger partial charge in [-0.25, -0.2) is 4.99 Å². The van der Waals surface area contributed by atoms with Crippen LogP contribution in [0.3, 0.4) is 0 Å². The van der Waals surface area contributed by atoms with Gasteiger partial charge < -0.3 is 15.4 Å². The summed E-state index contributed by atoms with van der Waals surface area (Å²) >= 11 is 0. The van der Waals surface area contributed by atoms with Gasteiger partial charge >= 0.3 is 0 Å². The van der Waals surface area contributed by atoms with Crippen molar-refractivity contribution in [3.63, 3.8) is 0 Å². The lowest BCUT2D eigenvalue weighted by atomic mass is 10.1. The van der Waals surface area contributed by atoms with Gasteiger partial charge in [-0.3, -0.25) is 4.68 Å². The van der Waals surface area contributed by atoms with Crippen LogP contribution in [0.4, 0.5) is 0 Å². The van der Waals surface area contributed by atoms with Gasteiger partial charge in [-0.05, 0) is 29.7 Å². The van der Waals surface area contributed by atoms with Gasteiger partial charge in [-0.15, -0.1) is 0 Å². The quantitative estimate of drug-likeness (QED) is 0.434. The summed E-state index contributed by atoms with van der Waals surface area (Å²) in [5.74, 6) is 0.786. The van der Waals surface area contributed by atoms with Crippen molar-refractivity contribution >= 4 is 5.96 Å². The molecule has 1 aromatic heterocycles. The fourth-order valence-electron chi connectivity index (χ4n) is 2.96. The van der Waals surface area contributed by atoms with E-state index in [2.05, 4.69) is 46.9 Å². The number of ether oxygens (including phenoxy) is 1. The van der Waals surface area contributed by atoms with Crippen LogP contribution in [0, 0.1) is 0 Å². The maximum absolute atomic E-state index is 5.92. The SMILES string of the molecule is CCNC(=NCc1ccccc1COCc1ccccc1)NCc1ccnn1C. The Morgan fingerprint density at radius 2 is 1.72 bits per heavy atom. The fraction of sp³-hybridized carbons (Fsp3) is 0.304. The molecule has 2 aromatic carbocycles. The highest BCUT2D eigenvalue weighted by molar-refractivity contribution is 5.79. The molecule has 152 valence electrons. The summed E-state index contributed by atoms with van der Waals surface area (Å²) in [6.07, 6.45) is 1.80. The standard InChI is InChI=1S/C23H29N5O/c1-3-24-23(26-16-22-13-14-27-28(22)2)25-15-20-11-7-8-12-21(20)18-29-17-19-9-5-4-6-10-19/h4-14H,3,15-18H2,1-2H3,(H2,24,25,26). The molecule has 0 radical (unpaired) electrons. The van der Waals surface area contributed by atoms with Crippen molar-refractivity contribution in [3.05, 3.63) is 89.2 Å². The van der Waals surface area contributed by atoms with Crippen molar-refractivity contribution in [1.82, 2.24) is 20.4 Å². The molecule has 0 saturated heterocycles. The summed E-state index contributed by atoms with van der Waals surface area (Å²) in [5.41, 5.74) is 4.61. The number of benzene rings is 2. The first kappa shape index (κ1) is 20.6. The second-order valence-electron chi connectivity index (χ2n) is 6.74. The largest absolute Gasteiger partial charge is 0.372 e. The number of rotatable bonds is 9.